The minimum atomic E-state index is -0.786. The van der Waals surface area contributed by atoms with E-state index in [0.29, 0.717) is 17.2 Å². The molecule has 0 amide bonds. The molecule has 94 valence electrons. The molecule has 1 aromatic rings. The minimum Gasteiger partial charge on any atom is -0.495 e. The lowest BCUT2D eigenvalue weighted by Gasteiger charge is -2.15. The van der Waals surface area contributed by atoms with Crippen molar-refractivity contribution in [2.45, 2.75) is 25.8 Å². The molecule has 1 unspecified atom stereocenters. The number of carboxylic acid groups (broad SMARTS) is 1. The van der Waals surface area contributed by atoms with E-state index in [4.69, 9.17) is 21.4 Å². The van der Waals surface area contributed by atoms with Crippen LogP contribution < -0.4 is 10.1 Å². The number of carboxylic acids is 1. The van der Waals surface area contributed by atoms with E-state index in [-0.39, 0.29) is 12.5 Å². The van der Waals surface area contributed by atoms with E-state index in [2.05, 4.69) is 5.32 Å². The van der Waals surface area contributed by atoms with Gasteiger partial charge in [0.15, 0.2) is 0 Å². The van der Waals surface area contributed by atoms with Crippen LogP contribution in [-0.2, 0) is 4.79 Å². The highest BCUT2D eigenvalue weighted by molar-refractivity contribution is 6.32. The Morgan fingerprint density at radius 3 is 2.82 bits per heavy atom. The van der Waals surface area contributed by atoms with Gasteiger partial charge in [-0.15, -0.1) is 0 Å². The van der Waals surface area contributed by atoms with Crippen LogP contribution in [-0.4, -0.2) is 24.2 Å². The zero-order valence-corrected chi connectivity index (χ0v) is 10.6. The van der Waals surface area contributed by atoms with Crippen molar-refractivity contribution in [3.63, 3.8) is 0 Å². The number of hydrogen-bond acceptors (Lipinski definition) is 3. The minimum absolute atomic E-state index is 0.0792. The second-order valence-corrected chi connectivity index (χ2v) is 4.23. The normalized spacial score (nSPS) is 11.9. The summed E-state index contributed by atoms with van der Waals surface area (Å²) in [5.74, 6) is -0.165. The quantitative estimate of drug-likeness (QED) is 0.823. The smallest absolute Gasteiger partial charge is 0.303 e. The first kappa shape index (κ1) is 13.6. The Hall–Kier alpha value is -1.42. The summed E-state index contributed by atoms with van der Waals surface area (Å²) >= 11 is 5.98. The highest BCUT2D eigenvalue weighted by Gasteiger charge is 2.07. The van der Waals surface area contributed by atoms with Gasteiger partial charge in [0.2, 0.25) is 0 Å². The Kier molecular flexibility index (Phi) is 5.10. The summed E-state index contributed by atoms with van der Waals surface area (Å²) in [5.41, 5.74) is 0.855. The predicted octanol–water partition coefficient (Wildman–Crippen LogP) is 3.01. The lowest BCUT2D eigenvalue weighted by molar-refractivity contribution is -0.137. The molecule has 2 N–H and O–H groups in total. The second-order valence-electron chi connectivity index (χ2n) is 3.83. The van der Waals surface area contributed by atoms with Crippen molar-refractivity contribution in [1.29, 1.82) is 0 Å². The van der Waals surface area contributed by atoms with Crippen LogP contribution in [0.1, 0.15) is 19.8 Å². The van der Waals surface area contributed by atoms with Crippen LogP contribution in [0.5, 0.6) is 5.75 Å². The van der Waals surface area contributed by atoms with Crippen molar-refractivity contribution < 1.29 is 14.6 Å². The maximum Gasteiger partial charge on any atom is 0.303 e. The average Bonchev–Trinajstić information content (AvgIpc) is 2.26. The average molecular weight is 258 g/mol. The highest BCUT2D eigenvalue weighted by Crippen LogP contribution is 2.27. The molecule has 0 saturated carbocycles. The highest BCUT2D eigenvalue weighted by atomic mass is 35.5. The molecule has 1 atom stereocenters. The predicted molar refractivity (Wildman–Crippen MR) is 68.0 cm³/mol. The zero-order chi connectivity index (χ0) is 12.8. The molecule has 0 spiro atoms. The Morgan fingerprint density at radius 2 is 2.29 bits per heavy atom. The van der Waals surface area contributed by atoms with Gasteiger partial charge in [-0.1, -0.05) is 11.6 Å². The molecule has 0 radical (unpaired) electrons. The van der Waals surface area contributed by atoms with E-state index >= 15 is 0 Å². The van der Waals surface area contributed by atoms with E-state index in [0.717, 1.165) is 5.69 Å². The van der Waals surface area contributed by atoms with Gasteiger partial charge >= 0.3 is 5.97 Å². The monoisotopic (exact) mass is 257 g/mol. The molecule has 0 aromatic heterocycles. The summed E-state index contributed by atoms with van der Waals surface area (Å²) in [6.07, 6.45) is 0.719. The summed E-state index contributed by atoms with van der Waals surface area (Å²) < 4.78 is 5.05. The third kappa shape index (κ3) is 4.53. The fraction of sp³-hybridized carbons (Fsp3) is 0.417. The summed E-state index contributed by atoms with van der Waals surface area (Å²) in [7, 11) is 1.56. The molecule has 0 heterocycles. The second kappa shape index (κ2) is 6.35. The van der Waals surface area contributed by atoms with Crippen LogP contribution >= 0.6 is 11.6 Å². The Labute approximate surface area is 106 Å². The van der Waals surface area contributed by atoms with Crippen molar-refractivity contribution in [3.8, 4) is 5.75 Å². The molecule has 1 aromatic carbocycles. The third-order valence-electron chi connectivity index (χ3n) is 2.36. The molecular formula is C12H16ClNO3. The first-order valence-electron chi connectivity index (χ1n) is 5.34. The lowest BCUT2D eigenvalue weighted by atomic mass is 10.1. The van der Waals surface area contributed by atoms with E-state index in [1.807, 2.05) is 13.0 Å². The van der Waals surface area contributed by atoms with Crippen molar-refractivity contribution >= 4 is 23.3 Å². The molecule has 1 rings (SSSR count). The number of halogens is 1. The van der Waals surface area contributed by atoms with Gasteiger partial charge in [0.05, 0.1) is 12.1 Å². The topological polar surface area (TPSA) is 58.6 Å². The number of nitrogens with one attached hydrogen (secondary N) is 1. The van der Waals surface area contributed by atoms with Crippen LogP contribution in [0.3, 0.4) is 0 Å². The lowest BCUT2D eigenvalue weighted by Crippen LogP contribution is -2.16. The van der Waals surface area contributed by atoms with Crippen molar-refractivity contribution in [2.75, 3.05) is 12.4 Å². The van der Waals surface area contributed by atoms with Gasteiger partial charge < -0.3 is 15.2 Å². The maximum atomic E-state index is 10.4. The number of ether oxygens (including phenoxy) is 1. The number of rotatable bonds is 6. The van der Waals surface area contributed by atoms with E-state index in [1.54, 1.807) is 19.2 Å². The molecule has 0 saturated heterocycles. The molecule has 4 nitrogen and oxygen atoms in total. The largest absolute Gasteiger partial charge is 0.495 e. The zero-order valence-electron chi connectivity index (χ0n) is 9.87. The van der Waals surface area contributed by atoms with Crippen LogP contribution in [0.4, 0.5) is 5.69 Å². The molecule has 0 aliphatic carbocycles. The number of benzene rings is 1. The Morgan fingerprint density at radius 1 is 1.59 bits per heavy atom. The molecule has 0 aliphatic heterocycles. The first-order chi connectivity index (χ1) is 8.02. The number of carbonyl (C=O) groups is 1. The summed E-state index contributed by atoms with van der Waals surface area (Å²) in [6.45, 7) is 1.93. The first-order valence-corrected chi connectivity index (χ1v) is 5.72. The van der Waals surface area contributed by atoms with Gasteiger partial charge in [0.25, 0.3) is 0 Å². The molecule has 0 bridgehead atoms. The van der Waals surface area contributed by atoms with Crippen LogP contribution in [0.15, 0.2) is 18.2 Å². The van der Waals surface area contributed by atoms with Gasteiger partial charge in [-0.2, -0.15) is 0 Å². The molecule has 0 aliphatic rings. The summed E-state index contributed by atoms with van der Waals surface area (Å²) in [5, 5.41) is 12.3. The number of methoxy groups -OCH3 is 1. The fourth-order valence-electron chi connectivity index (χ4n) is 1.45. The molecule has 17 heavy (non-hydrogen) atoms. The molecular weight excluding hydrogens is 242 g/mol. The van der Waals surface area contributed by atoms with Crippen molar-refractivity contribution in [3.05, 3.63) is 23.2 Å². The van der Waals surface area contributed by atoms with Gasteiger partial charge in [-0.25, -0.2) is 0 Å². The van der Waals surface area contributed by atoms with E-state index in [1.165, 1.54) is 0 Å². The van der Waals surface area contributed by atoms with Gasteiger partial charge in [0.1, 0.15) is 5.75 Å². The summed E-state index contributed by atoms with van der Waals surface area (Å²) in [6, 6.07) is 5.46. The number of aliphatic carboxylic acids is 1. The molecule has 5 heteroatoms. The Bertz CT molecular complexity index is 395. The fourth-order valence-corrected chi connectivity index (χ4v) is 1.71. The maximum absolute atomic E-state index is 10.4. The standard InChI is InChI=1S/C12H16ClNO3/c1-8(3-6-12(15)16)14-9-4-5-11(17-2)10(13)7-9/h4-5,7-8,14H,3,6H2,1-2H3,(H,15,16). The number of anilines is 1. The van der Waals surface area contributed by atoms with Gasteiger partial charge in [0, 0.05) is 18.2 Å². The van der Waals surface area contributed by atoms with Gasteiger partial charge in [-0.3, -0.25) is 4.79 Å². The van der Waals surface area contributed by atoms with Crippen molar-refractivity contribution in [2.24, 2.45) is 0 Å². The van der Waals surface area contributed by atoms with Crippen LogP contribution in [0.25, 0.3) is 0 Å². The van der Waals surface area contributed by atoms with E-state index in [9.17, 15) is 4.79 Å². The number of hydrogen-bond donors (Lipinski definition) is 2. The molecule has 0 fully saturated rings. The van der Waals surface area contributed by atoms with Gasteiger partial charge in [-0.05, 0) is 31.5 Å². The van der Waals surface area contributed by atoms with Crippen molar-refractivity contribution in [1.82, 2.24) is 0 Å². The summed E-state index contributed by atoms with van der Waals surface area (Å²) in [4.78, 5) is 10.4. The van der Waals surface area contributed by atoms with Crippen LogP contribution in [0.2, 0.25) is 5.02 Å². The van der Waals surface area contributed by atoms with E-state index < -0.39 is 5.97 Å². The van der Waals surface area contributed by atoms with Crippen LogP contribution in [0, 0.1) is 0 Å². The Balaban J connectivity index is 2.56. The third-order valence-corrected chi connectivity index (χ3v) is 2.65. The SMILES string of the molecule is COc1ccc(NC(C)CCC(=O)O)cc1Cl.